The van der Waals surface area contributed by atoms with Gasteiger partial charge in [0.15, 0.2) is 0 Å². The summed E-state index contributed by atoms with van der Waals surface area (Å²) in [6.45, 7) is 8.95. The van der Waals surface area contributed by atoms with Crippen LogP contribution < -0.4 is 5.32 Å². The monoisotopic (exact) mass is 324 g/mol. The Morgan fingerprint density at radius 3 is 2.68 bits per heavy atom. The summed E-state index contributed by atoms with van der Waals surface area (Å²) in [4.78, 5) is 26.5. The summed E-state index contributed by atoms with van der Waals surface area (Å²) in [5, 5.41) is 12.3. The van der Waals surface area contributed by atoms with Gasteiger partial charge in [0.05, 0.1) is 5.92 Å². The molecule has 1 unspecified atom stereocenters. The molecule has 1 N–H and O–H groups in total. The second-order valence-corrected chi connectivity index (χ2v) is 7.75. The van der Waals surface area contributed by atoms with Crippen LogP contribution in [0.5, 0.6) is 0 Å². The molecule has 0 aromatic carbocycles. The predicted molar refractivity (Wildman–Crippen MR) is 86.7 cm³/mol. The molecule has 1 fully saturated rings. The fraction of sp³-hybridized carbons (Fsp3) is 0.733. The molecule has 2 amide bonds. The minimum absolute atomic E-state index is 0.0646. The first-order chi connectivity index (χ1) is 10.3. The molecule has 0 spiro atoms. The lowest BCUT2D eigenvalue weighted by Gasteiger charge is -2.35. The molecular formula is C15H24N4O2S. The molecule has 1 aliphatic heterocycles. The third kappa shape index (κ3) is 4.03. The van der Waals surface area contributed by atoms with E-state index in [0.29, 0.717) is 11.7 Å². The second kappa shape index (κ2) is 6.73. The van der Waals surface area contributed by atoms with E-state index in [2.05, 4.69) is 15.5 Å². The molecule has 0 saturated carbocycles. The highest BCUT2D eigenvalue weighted by Gasteiger charge is 2.33. The van der Waals surface area contributed by atoms with Crippen molar-refractivity contribution in [3.8, 4) is 0 Å². The van der Waals surface area contributed by atoms with Crippen molar-refractivity contribution in [2.45, 2.75) is 47.0 Å². The molecule has 0 radical (unpaired) electrons. The van der Waals surface area contributed by atoms with Gasteiger partial charge in [-0.2, -0.15) is 0 Å². The minimum atomic E-state index is -0.409. The van der Waals surface area contributed by atoms with Crippen molar-refractivity contribution >= 4 is 28.3 Å². The van der Waals surface area contributed by atoms with E-state index in [-0.39, 0.29) is 17.7 Å². The van der Waals surface area contributed by atoms with Crippen LogP contribution in [0.15, 0.2) is 0 Å². The summed E-state index contributed by atoms with van der Waals surface area (Å²) in [6, 6.07) is 0. The first-order valence-electron chi connectivity index (χ1n) is 7.74. The number of aryl methyl sites for hydroxylation is 1. The lowest BCUT2D eigenvalue weighted by molar-refractivity contribution is -0.142. The number of rotatable bonds is 3. The molecule has 2 heterocycles. The summed E-state index contributed by atoms with van der Waals surface area (Å²) in [6.07, 6.45) is 2.47. The number of anilines is 1. The number of piperidine rings is 1. The van der Waals surface area contributed by atoms with Crippen LogP contribution in [-0.2, 0) is 16.0 Å². The van der Waals surface area contributed by atoms with Crippen molar-refractivity contribution in [2.24, 2.45) is 11.3 Å². The van der Waals surface area contributed by atoms with E-state index in [1.165, 1.54) is 11.3 Å². The highest BCUT2D eigenvalue weighted by Crippen LogP contribution is 2.25. The number of nitrogens with one attached hydrogen (secondary N) is 1. The van der Waals surface area contributed by atoms with Gasteiger partial charge in [-0.15, -0.1) is 10.2 Å². The van der Waals surface area contributed by atoms with Gasteiger partial charge in [-0.1, -0.05) is 39.0 Å². The molecule has 1 aliphatic rings. The third-order valence-electron chi connectivity index (χ3n) is 3.72. The molecule has 1 atom stereocenters. The summed E-state index contributed by atoms with van der Waals surface area (Å²) in [5.41, 5.74) is -0.409. The molecule has 1 aromatic rings. The number of likely N-dealkylation sites (tertiary alicyclic amines) is 1. The minimum Gasteiger partial charge on any atom is -0.341 e. The van der Waals surface area contributed by atoms with Crippen LogP contribution in [0.3, 0.4) is 0 Å². The van der Waals surface area contributed by atoms with Crippen LogP contribution >= 0.6 is 11.3 Å². The number of carbonyl (C=O) groups excluding carboxylic acids is 2. The second-order valence-electron chi connectivity index (χ2n) is 6.68. The Kier molecular flexibility index (Phi) is 5.16. The van der Waals surface area contributed by atoms with Crippen LogP contribution in [0.25, 0.3) is 0 Å². The standard InChI is InChI=1S/C15H24N4O2S/c1-5-11-17-18-14(22-11)16-12(20)10-7-6-8-19(9-10)13(21)15(2,3)4/h10H,5-9H2,1-4H3,(H,16,18,20). The van der Waals surface area contributed by atoms with Gasteiger partial charge in [0, 0.05) is 18.5 Å². The number of aromatic nitrogens is 2. The molecule has 2 rings (SSSR count). The molecular weight excluding hydrogens is 300 g/mol. The first kappa shape index (κ1) is 16.9. The zero-order chi connectivity index (χ0) is 16.3. The lowest BCUT2D eigenvalue weighted by Crippen LogP contribution is -2.47. The van der Waals surface area contributed by atoms with E-state index >= 15 is 0 Å². The summed E-state index contributed by atoms with van der Waals surface area (Å²) < 4.78 is 0. The SMILES string of the molecule is CCc1nnc(NC(=O)C2CCCN(C(=O)C(C)(C)C)C2)s1. The molecule has 6 nitrogen and oxygen atoms in total. The number of amides is 2. The van der Waals surface area contributed by atoms with Crippen molar-refractivity contribution in [3.63, 3.8) is 0 Å². The molecule has 0 bridgehead atoms. The zero-order valence-corrected chi connectivity index (χ0v) is 14.5. The van der Waals surface area contributed by atoms with Gasteiger partial charge in [-0.25, -0.2) is 0 Å². The van der Waals surface area contributed by atoms with Gasteiger partial charge < -0.3 is 10.2 Å². The van der Waals surface area contributed by atoms with Crippen molar-refractivity contribution < 1.29 is 9.59 Å². The Morgan fingerprint density at radius 2 is 2.09 bits per heavy atom. The molecule has 1 aromatic heterocycles. The Labute approximate surface area is 135 Å². The van der Waals surface area contributed by atoms with Crippen molar-refractivity contribution in [3.05, 3.63) is 5.01 Å². The average molecular weight is 324 g/mol. The zero-order valence-electron chi connectivity index (χ0n) is 13.7. The van der Waals surface area contributed by atoms with Crippen molar-refractivity contribution in [2.75, 3.05) is 18.4 Å². The molecule has 22 heavy (non-hydrogen) atoms. The molecule has 122 valence electrons. The van der Waals surface area contributed by atoms with Crippen LogP contribution in [-0.4, -0.2) is 40.0 Å². The number of hydrogen-bond donors (Lipinski definition) is 1. The van der Waals surface area contributed by atoms with E-state index in [4.69, 9.17) is 0 Å². The Hall–Kier alpha value is -1.50. The quantitative estimate of drug-likeness (QED) is 0.926. The smallest absolute Gasteiger partial charge is 0.231 e. The third-order valence-corrected chi connectivity index (χ3v) is 4.70. The van der Waals surface area contributed by atoms with Crippen molar-refractivity contribution in [1.29, 1.82) is 0 Å². The number of hydrogen-bond acceptors (Lipinski definition) is 5. The number of carbonyl (C=O) groups is 2. The fourth-order valence-electron chi connectivity index (χ4n) is 2.50. The maximum Gasteiger partial charge on any atom is 0.231 e. The van der Waals surface area contributed by atoms with Gasteiger partial charge in [0.1, 0.15) is 5.01 Å². The molecule has 7 heteroatoms. The van der Waals surface area contributed by atoms with Crippen LogP contribution in [0.1, 0.15) is 45.5 Å². The van der Waals surface area contributed by atoms with E-state index < -0.39 is 5.41 Å². The van der Waals surface area contributed by atoms with Gasteiger partial charge >= 0.3 is 0 Å². The Balaban J connectivity index is 1.96. The summed E-state index contributed by atoms with van der Waals surface area (Å²) >= 11 is 1.40. The highest BCUT2D eigenvalue weighted by molar-refractivity contribution is 7.15. The largest absolute Gasteiger partial charge is 0.341 e. The lowest BCUT2D eigenvalue weighted by atomic mass is 9.91. The first-order valence-corrected chi connectivity index (χ1v) is 8.55. The van der Waals surface area contributed by atoms with Crippen LogP contribution in [0.2, 0.25) is 0 Å². The van der Waals surface area contributed by atoms with E-state index in [1.807, 2.05) is 32.6 Å². The topological polar surface area (TPSA) is 75.2 Å². The number of nitrogens with zero attached hydrogens (tertiary/aromatic N) is 3. The van der Waals surface area contributed by atoms with Gasteiger partial charge in [0.2, 0.25) is 16.9 Å². The maximum atomic E-state index is 12.4. The molecule has 1 saturated heterocycles. The van der Waals surface area contributed by atoms with E-state index in [1.54, 1.807) is 0 Å². The predicted octanol–water partition coefficient (Wildman–Crippen LogP) is 2.32. The van der Waals surface area contributed by atoms with Crippen molar-refractivity contribution in [1.82, 2.24) is 15.1 Å². The van der Waals surface area contributed by atoms with E-state index in [9.17, 15) is 9.59 Å². The normalized spacial score (nSPS) is 19.1. The van der Waals surface area contributed by atoms with Crippen LogP contribution in [0, 0.1) is 11.3 Å². The summed E-state index contributed by atoms with van der Waals surface area (Å²) in [5.74, 6) is -0.131. The molecule has 0 aliphatic carbocycles. The van der Waals surface area contributed by atoms with Gasteiger partial charge in [-0.05, 0) is 19.3 Å². The average Bonchev–Trinajstić information content (AvgIpc) is 2.93. The van der Waals surface area contributed by atoms with Gasteiger partial charge in [-0.3, -0.25) is 9.59 Å². The highest BCUT2D eigenvalue weighted by atomic mass is 32.1. The Morgan fingerprint density at radius 1 is 1.36 bits per heavy atom. The Bertz CT molecular complexity index is 550. The van der Waals surface area contributed by atoms with E-state index in [0.717, 1.165) is 30.8 Å². The van der Waals surface area contributed by atoms with Crippen LogP contribution in [0.4, 0.5) is 5.13 Å². The maximum absolute atomic E-state index is 12.4. The summed E-state index contributed by atoms with van der Waals surface area (Å²) in [7, 11) is 0. The fourth-order valence-corrected chi connectivity index (χ4v) is 3.19. The van der Waals surface area contributed by atoms with Gasteiger partial charge in [0.25, 0.3) is 0 Å².